The van der Waals surface area contributed by atoms with Gasteiger partial charge in [0.2, 0.25) is 0 Å². The summed E-state index contributed by atoms with van der Waals surface area (Å²) in [7, 11) is 0. The van der Waals surface area contributed by atoms with Crippen molar-refractivity contribution < 1.29 is 13.2 Å². The van der Waals surface area contributed by atoms with Gasteiger partial charge in [0.25, 0.3) is 5.56 Å². The Labute approximate surface area is 237 Å². The lowest BCUT2D eigenvalue weighted by Crippen LogP contribution is -2.46. The summed E-state index contributed by atoms with van der Waals surface area (Å²) in [6.07, 6.45) is -0.114. The Morgan fingerprint density at radius 2 is 1.24 bits per heavy atom. The molecule has 0 N–H and O–H groups in total. The number of rotatable bonds is 8. The second-order valence-electron chi connectivity index (χ2n) is 11.0. The van der Waals surface area contributed by atoms with E-state index in [4.69, 9.17) is 0 Å². The van der Waals surface area contributed by atoms with E-state index >= 15 is 0 Å². The number of hydrogen-bond donors (Lipinski definition) is 0. The van der Waals surface area contributed by atoms with Crippen LogP contribution in [-0.2, 0) is 12.7 Å². The van der Waals surface area contributed by atoms with Crippen molar-refractivity contribution in [3.05, 3.63) is 101 Å². The molecule has 4 nitrogen and oxygen atoms in total. The molecular formula is C34H34F3N3O. The molecule has 5 aromatic rings. The molecule has 0 atom stereocenters. The van der Waals surface area contributed by atoms with E-state index in [-0.39, 0.29) is 5.56 Å². The van der Waals surface area contributed by atoms with Gasteiger partial charge in [0.05, 0.1) is 11.1 Å². The number of hydrogen-bond acceptors (Lipinski definition) is 3. The highest BCUT2D eigenvalue weighted by Crippen LogP contribution is 2.31. The van der Waals surface area contributed by atoms with Crippen LogP contribution in [0, 0.1) is 0 Å². The Morgan fingerprint density at radius 1 is 0.610 bits per heavy atom. The van der Waals surface area contributed by atoms with Gasteiger partial charge in [-0.05, 0) is 60.5 Å². The van der Waals surface area contributed by atoms with Crippen LogP contribution in [0.4, 0.5) is 18.9 Å². The largest absolute Gasteiger partial charge is 0.416 e. The standard InChI is InChI=1S/C34H34F3N3O/c35-34(36,37)26-14-16-27(17-15-26)39-23-21-38(22-24-39)19-7-1-2-8-20-40-32-28-10-4-3-9-25(28)13-18-30(32)29-11-5-6-12-31(29)33(40)41/h3-6,9-18H,1-2,7-8,19-24H2. The molecule has 0 unspecified atom stereocenters. The van der Waals surface area contributed by atoms with E-state index in [1.54, 1.807) is 12.1 Å². The Hall–Kier alpha value is -3.84. The molecule has 6 rings (SSSR count). The molecule has 0 amide bonds. The Morgan fingerprint density at radius 3 is 1.95 bits per heavy atom. The van der Waals surface area contributed by atoms with Crippen LogP contribution in [0.3, 0.4) is 0 Å². The summed E-state index contributed by atoms with van der Waals surface area (Å²) in [5.41, 5.74) is 1.35. The second kappa shape index (κ2) is 11.6. The molecule has 1 aliphatic heterocycles. The maximum absolute atomic E-state index is 13.6. The molecule has 1 aromatic heterocycles. The van der Waals surface area contributed by atoms with Crippen molar-refractivity contribution in [3.8, 4) is 0 Å². The number of aryl methyl sites for hydroxylation is 1. The van der Waals surface area contributed by atoms with Gasteiger partial charge >= 0.3 is 6.18 Å². The highest BCUT2D eigenvalue weighted by atomic mass is 19.4. The maximum Gasteiger partial charge on any atom is 0.416 e. The summed E-state index contributed by atoms with van der Waals surface area (Å²) < 4.78 is 40.5. The van der Waals surface area contributed by atoms with Crippen LogP contribution in [0.25, 0.3) is 32.4 Å². The highest BCUT2D eigenvalue weighted by molar-refractivity contribution is 6.15. The van der Waals surface area contributed by atoms with Crippen LogP contribution < -0.4 is 10.5 Å². The molecule has 0 spiro atoms. The fraction of sp³-hybridized carbons (Fsp3) is 0.324. The van der Waals surface area contributed by atoms with Gasteiger partial charge in [0.1, 0.15) is 0 Å². The van der Waals surface area contributed by atoms with Gasteiger partial charge in [0, 0.05) is 54.6 Å². The minimum Gasteiger partial charge on any atom is -0.369 e. The van der Waals surface area contributed by atoms with Crippen LogP contribution in [0.2, 0.25) is 0 Å². The van der Waals surface area contributed by atoms with Crippen LogP contribution >= 0.6 is 0 Å². The van der Waals surface area contributed by atoms with E-state index in [1.807, 2.05) is 41.0 Å². The monoisotopic (exact) mass is 557 g/mol. The van der Waals surface area contributed by atoms with Crippen molar-refractivity contribution in [3.63, 3.8) is 0 Å². The summed E-state index contributed by atoms with van der Waals surface area (Å²) >= 11 is 0. The first-order valence-electron chi connectivity index (χ1n) is 14.5. The minimum atomic E-state index is -4.30. The van der Waals surface area contributed by atoms with E-state index in [0.717, 1.165) is 96.5 Å². The quantitative estimate of drug-likeness (QED) is 0.145. The zero-order valence-electron chi connectivity index (χ0n) is 23.0. The number of benzene rings is 4. The number of alkyl halides is 3. The molecule has 0 bridgehead atoms. The molecule has 0 saturated carbocycles. The topological polar surface area (TPSA) is 28.5 Å². The molecule has 1 fully saturated rings. The van der Waals surface area contributed by atoms with Gasteiger partial charge in [-0.15, -0.1) is 0 Å². The number of nitrogens with zero attached hydrogens (tertiary/aromatic N) is 3. The van der Waals surface area contributed by atoms with E-state index in [9.17, 15) is 18.0 Å². The third-order valence-corrected chi connectivity index (χ3v) is 8.40. The summed E-state index contributed by atoms with van der Waals surface area (Å²) in [5.74, 6) is 0. The molecule has 0 aliphatic carbocycles. The molecule has 41 heavy (non-hydrogen) atoms. The fourth-order valence-electron chi connectivity index (χ4n) is 6.18. The van der Waals surface area contributed by atoms with Crippen LogP contribution in [0.15, 0.2) is 89.7 Å². The highest BCUT2D eigenvalue weighted by Gasteiger charge is 2.30. The Balaban J connectivity index is 1.03. The second-order valence-corrected chi connectivity index (χ2v) is 11.0. The molecule has 4 aromatic carbocycles. The van der Waals surface area contributed by atoms with Crippen LogP contribution in [0.5, 0.6) is 0 Å². The number of fused-ring (bicyclic) bond motifs is 5. The number of halogens is 3. The number of aromatic nitrogens is 1. The predicted molar refractivity (Wildman–Crippen MR) is 162 cm³/mol. The lowest BCUT2D eigenvalue weighted by molar-refractivity contribution is -0.137. The first kappa shape index (κ1) is 27.3. The third kappa shape index (κ3) is 5.68. The SMILES string of the molecule is O=c1c2ccccc2c2ccc3ccccc3c2n1CCCCCCN1CCN(c2ccc(C(F)(F)F)cc2)CC1. The molecule has 2 heterocycles. The van der Waals surface area contributed by atoms with Gasteiger partial charge in [-0.3, -0.25) is 9.69 Å². The van der Waals surface area contributed by atoms with Gasteiger partial charge in [-0.2, -0.15) is 13.2 Å². The van der Waals surface area contributed by atoms with Crippen molar-refractivity contribution in [1.82, 2.24) is 9.47 Å². The normalized spacial score (nSPS) is 14.9. The zero-order chi connectivity index (χ0) is 28.4. The molecule has 1 saturated heterocycles. The number of pyridine rings is 1. The first-order valence-corrected chi connectivity index (χ1v) is 14.5. The lowest BCUT2D eigenvalue weighted by atomic mass is 10.0. The van der Waals surface area contributed by atoms with Crippen molar-refractivity contribution in [1.29, 1.82) is 0 Å². The summed E-state index contributed by atoms with van der Waals surface area (Å²) in [4.78, 5) is 18.2. The van der Waals surface area contributed by atoms with Crippen molar-refractivity contribution in [2.75, 3.05) is 37.6 Å². The predicted octanol–water partition coefficient (Wildman–Crippen LogP) is 7.71. The summed E-state index contributed by atoms with van der Waals surface area (Å²) in [6.45, 7) is 5.16. The number of unbranched alkanes of at least 4 members (excludes halogenated alkanes) is 3. The van der Waals surface area contributed by atoms with Crippen molar-refractivity contribution in [2.45, 2.75) is 38.4 Å². The molecule has 7 heteroatoms. The average Bonchev–Trinajstić information content (AvgIpc) is 3.00. The Kier molecular flexibility index (Phi) is 7.71. The van der Waals surface area contributed by atoms with Crippen molar-refractivity contribution in [2.24, 2.45) is 0 Å². The van der Waals surface area contributed by atoms with E-state index in [2.05, 4.69) is 34.1 Å². The zero-order valence-corrected chi connectivity index (χ0v) is 23.0. The average molecular weight is 558 g/mol. The molecule has 0 radical (unpaired) electrons. The molecule has 1 aliphatic rings. The van der Waals surface area contributed by atoms with Gasteiger partial charge < -0.3 is 9.47 Å². The summed E-state index contributed by atoms with van der Waals surface area (Å²) in [6, 6.07) is 26.0. The number of anilines is 1. The first-order chi connectivity index (χ1) is 19.9. The van der Waals surface area contributed by atoms with E-state index in [0.29, 0.717) is 6.54 Å². The molecular weight excluding hydrogens is 523 g/mol. The summed E-state index contributed by atoms with van der Waals surface area (Å²) in [5, 5.41) is 5.15. The van der Waals surface area contributed by atoms with Gasteiger partial charge in [-0.1, -0.05) is 67.4 Å². The third-order valence-electron chi connectivity index (χ3n) is 8.40. The lowest BCUT2D eigenvalue weighted by Gasteiger charge is -2.36. The van der Waals surface area contributed by atoms with E-state index < -0.39 is 11.7 Å². The Bertz CT molecular complexity index is 1720. The van der Waals surface area contributed by atoms with Gasteiger partial charge in [0.15, 0.2) is 0 Å². The van der Waals surface area contributed by atoms with Crippen LogP contribution in [0.1, 0.15) is 31.2 Å². The van der Waals surface area contributed by atoms with E-state index in [1.165, 1.54) is 12.1 Å². The van der Waals surface area contributed by atoms with Crippen molar-refractivity contribution >= 4 is 38.1 Å². The fourth-order valence-corrected chi connectivity index (χ4v) is 6.18. The van der Waals surface area contributed by atoms with Gasteiger partial charge in [-0.25, -0.2) is 0 Å². The number of piperazine rings is 1. The molecule has 212 valence electrons. The maximum atomic E-state index is 13.6. The minimum absolute atomic E-state index is 0.0790. The smallest absolute Gasteiger partial charge is 0.369 e. The van der Waals surface area contributed by atoms with Crippen LogP contribution in [-0.4, -0.2) is 42.2 Å².